The molecule has 1 spiro atoms. The Morgan fingerprint density at radius 3 is 2.92 bits per heavy atom. The van der Waals surface area contributed by atoms with Gasteiger partial charge in [0.15, 0.2) is 11.5 Å². The Morgan fingerprint density at radius 2 is 2.04 bits per heavy atom. The molecule has 5 rings (SSSR count). The molecule has 2 aromatic rings. The van der Waals surface area contributed by atoms with Gasteiger partial charge in [0.2, 0.25) is 11.6 Å². The Hall–Kier alpha value is -2.48. The second-order valence-corrected chi connectivity index (χ2v) is 7.63. The standard InChI is InChI=1S/C17H18N4O3S/c22-15-14(9-11-4-5-12-13(8-11)24-10-23-12)25-16-18-19-17(20-21(15)16)6-2-1-3-7-17/h4-5,8-9,19-20H,1-3,6-7,10H2/b14-9-. The van der Waals surface area contributed by atoms with Gasteiger partial charge in [-0.15, -0.1) is 5.10 Å². The van der Waals surface area contributed by atoms with E-state index in [-0.39, 0.29) is 18.0 Å². The lowest BCUT2D eigenvalue weighted by Crippen LogP contribution is -2.61. The van der Waals surface area contributed by atoms with Gasteiger partial charge in [-0.05, 0) is 49.5 Å². The largest absolute Gasteiger partial charge is 0.454 e. The lowest BCUT2D eigenvalue weighted by molar-refractivity contribution is 0.174. The van der Waals surface area contributed by atoms with Crippen LogP contribution >= 0.6 is 11.3 Å². The van der Waals surface area contributed by atoms with Crippen LogP contribution < -0.4 is 35.2 Å². The van der Waals surface area contributed by atoms with Crippen molar-refractivity contribution in [1.29, 1.82) is 0 Å². The molecule has 2 N–H and O–H groups in total. The van der Waals surface area contributed by atoms with Gasteiger partial charge in [-0.2, -0.15) is 4.68 Å². The van der Waals surface area contributed by atoms with Crippen molar-refractivity contribution in [3.8, 4) is 11.5 Å². The van der Waals surface area contributed by atoms with Crippen LogP contribution in [0, 0.1) is 0 Å². The number of fused-ring (bicyclic) bond motifs is 2. The average molecular weight is 358 g/mol. The van der Waals surface area contributed by atoms with Gasteiger partial charge in [0, 0.05) is 0 Å². The molecule has 1 fully saturated rings. The molecule has 7 nitrogen and oxygen atoms in total. The minimum Gasteiger partial charge on any atom is -0.454 e. The summed E-state index contributed by atoms with van der Waals surface area (Å²) >= 11 is 1.37. The first kappa shape index (κ1) is 14.8. The smallest absolute Gasteiger partial charge is 0.289 e. The van der Waals surface area contributed by atoms with E-state index < -0.39 is 0 Å². The molecule has 0 radical (unpaired) electrons. The second kappa shape index (κ2) is 5.52. The number of hydrogen-bond donors (Lipinski definition) is 2. The minimum absolute atomic E-state index is 0.0622. The predicted molar refractivity (Wildman–Crippen MR) is 93.8 cm³/mol. The molecule has 0 atom stereocenters. The summed E-state index contributed by atoms with van der Waals surface area (Å²) in [6.45, 7) is 0.241. The van der Waals surface area contributed by atoms with Crippen LogP contribution in [0.4, 0.5) is 0 Å². The molecule has 25 heavy (non-hydrogen) atoms. The maximum Gasteiger partial charge on any atom is 0.289 e. The summed E-state index contributed by atoms with van der Waals surface area (Å²) in [4.78, 5) is 13.5. The summed E-state index contributed by atoms with van der Waals surface area (Å²) in [5.74, 6) is 1.44. The van der Waals surface area contributed by atoms with Crippen molar-refractivity contribution in [3.05, 3.63) is 43.5 Å². The van der Waals surface area contributed by atoms with Gasteiger partial charge in [-0.1, -0.05) is 23.8 Å². The maximum absolute atomic E-state index is 12.8. The summed E-state index contributed by atoms with van der Waals surface area (Å²) in [6, 6.07) is 5.67. The quantitative estimate of drug-likeness (QED) is 0.789. The highest BCUT2D eigenvalue weighted by Gasteiger charge is 2.34. The molecule has 0 amide bonds. The Bertz CT molecular complexity index is 1000. The molecule has 0 saturated heterocycles. The molecule has 1 aromatic heterocycles. The van der Waals surface area contributed by atoms with Gasteiger partial charge in [0.05, 0.1) is 4.53 Å². The Balaban J connectivity index is 1.54. The lowest BCUT2D eigenvalue weighted by Gasteiger charge is -2.39. The average Bonchev–Trinajstić information content (AvgIpc) is 3.21. The Morgan fingerprint density at radius 1 is 1.20 bits per heavy atom. The van der Waals surface area contributed by atoms with Crippen LogP contribution in [0.5, 0.6) is 11.5 Å². The zero-order chi connectivity index (χ0) is 16.9. The molecule has 8 heteroatoms. The van der Waals surface area contributed by atoms with Crippen molar-refractivity contribution >= 4 is 17.4 Å². The maximum atomic E-state index is 12.8. The number of rotatable bonds is 1. The second-order valence-electron chi connectivity index (χ2n) is 6.62. The summed E-state index contributed by atoms with van der Waals surface area (Å²) < 4.78 is 13.0. The molecule has 1 aliphatic carbocycles. The van der Waals surface area contributed by atoms with Crippen LogP contribution in [0.1, 0.15) is 37.7 Å². The van der Waals surface area contributed by atoms with E-state index in [9.17, 15) is 4.79 Å². The number of benzene rings is 1. The molecule has 2 aliphatic heterocycles. The highest BCUT2D eigenvalue weighted by molar-refractivity contribution is 7.07. The van der Waals surface area contributed by atoms with E-state index in [1.807, 2.05) is 24.3 Å². The van der Waals surface area contributed by atoms with Crippen LogP contribution in [-0.4, -0.2) is 17.1 Å². The minimum atomic E-state index is -0.286. The molecule has 130 valence electrons. The first-order valence-corrected chi connectivity index (χ1v) is 9.30. The van der Waals surface area contributed by atoms with E-state index in [0.717, 1.165) is 37.0 Å². The summed E-state index contributed by atoms with van der Waals surface area (Å²) in [6.07, 6.45) is 7.32. The number of ether oxygens (including phenoxy) is 2. The molecule has 1 saturated carbocycles. The van der Waals surface area contributed by atoms with E-state index >= 15 is 0 Å². The van der Waals surface area contributed by atoms with Crippen LogP contribution in [0.25, 0.3) is 6.08 Å². The van der Waals surface area contributed by atoms with Crippen molar-refractivity contribution in [3.63, 3.8) is 0 Å². The fraction of sp³-hybridized carbons (Fsp3) is 0.412. The molecular weight excluding hydrogens is 340 g/mol. The van der Waals surface area contributed by atoms with E-state index in [1.165, 1.54) is 17.8 Å². The van der Waals surface area contributed by atoms with Crippen LogP contribution in [0.3, 0.4) is 0 Å². The molecular formula is C17H18N4O3S. The third-order valence-electron chi connectivity index (χ3n) is 4.90. The first-order valence-electron chi connectivity index (χ1n) is 8.49. The summed E-state index contributed by atoms with van der Waals surface area (Å²) in [5, 5.41) is 4.46. The molecule has 3 aliphatic rings. The van der Waals surface area contributed by atoms with E-state index in [4.69, 9.17) is 9.47 Å². The fourth-order valence-corrected chi connectivity index (χ4v) is 4.46. The normalized spacial score (nSPS) is 20.6. The van der Waals surface area contributed by atoms with Crippen LogP contribution in [0.2, 0.25) is 0 Å². The van der Waals surface area contributed by atoms with Crippen molar-refractivity contribution in [2.45, 2.75) is 37.8 Å². The highest BCUT2D eigenvalue weighted by atomic mass is 32.1. The molecule has 3 heterocycles. The van der Waals surface area contributed by atoms with Gasteiger partial charge in [-0.25, -0.2) is 0 Å². The van der Waals surface area contributed by atoms with Crippen molar-refractivity contribution < 1.29 is 9.47 Å². The summed E-state index contributed by atoms with van der Waals surface area (Å²) in [5.41, 5.74) is 7.17. The zero-order valence-electron chi connectivity index (χ0n) is 13.6. The zero-order valence-corrected chi connectivity index (χ0v) is 14.4. The van der Waals surface area contributed by atoms with E-state index in [2.05, 4.69) is 16.0 Å². The number of nitrogens with zero attached hydrogens (tertiary/aromatic N) is 2. The third kappa shape index (κ3) is 2.48. The predicted octanol–water partition coefficient (Wildman–Crippen LogP) is 0.809. The Kier molecular flexibility index (Phi) is 3.27. The van der Waals surface area contributed by atoms with Crippen LogP contribution in [-0.2, 0) is 0 Å². The third-order valence-corrected chi connectivity index (χ3v) is 5.87. The van der Waals surface area contributed by atoms with Crippen LogP contribution in [0.15, 0.2) is 28.1 Å². The number of nitrogens with one attached hydrogen (secondary N) is 2. The van der Waals surface area contributed by atoms with Crippen molar-refractivity contribution in [2.75, 3.05) is 12.2 Å². The highest BCUT2D eigenvalue weighted by Crippen LogP contribution is 2.32. The van der Waals surface area contributed by atoms with Crippen molar-refractivity contribution in [1.82, 2.24) is 10.1 Å². The Labute approximate surface area is 147 Å². The lowest BCUT2D eigenvalue weighted by atomic mass is 9.90. The summed E-state index contributed by atoms with van der Waals surface area (Å²) in [7, 11) is 0. The van der Waals surface area contributed by atoms with Gasteiger partial charge in [-0.3, -0.25) is 15.6 Å². The molecule has 0 bridgehead atoms. The van der Waals surface area contributed by atoms with Gasteiger partial charge in [0.25, 0.3) is 5.56 Å². The fourth-order valence-electron chi connectivity index (χ4n) is 3.57. The SMILES string of the molecule is O=c1/c(=C/c2ccc3c(c2)OCO3)sc2n1NC1(CCCCC1)NN=2. The number of thiazole rings is 1. The molecule has 0 unspecified atom stereocenters. The molecule has 1 aromatic carbocycles. The van der Waals surface area contributed by atoms with Crippen molar-refractivity contribution in [2.24, 2.45) is 5.10 Å². The number of aromatic nitrogens is 1. The van der Waals surface area contributed by atoms with E-state index in [0.29, 0.717) is 15.1 Å². The topological polar surface area (TPSA) is 76.9 Å². The van der Waals surface area contributed by atoms with E-state index in [1.54, 1.807) is 4.68 Å². The van der Waals surface area contributed by atoms with Gasteiger partial charge < -0.3 is 9.47 Å². The first-order chi connectivity index (χ1) is 12.2. The van der Waals surface area contributed by atoms with Gasteiger partial charge in [0.1, 0.15) is 5.66 Å². The monoisotopic (exact) mass is 358 g/mol. The number of hydrogen-bond acceptors (Lipinski definition) is 7. The van der Waals surface area contributed by atoms with Gasteiger partial charge >= 0.3 is 0 Å².